The quantitative estimate of drug-likeness (QED) is 0.535. The molecular weight excluding hydrogens is 232 g/mol. The van der Waals surface area contributed by atoms with Crippen LogP contribution in [0.1, 0.15) is 46.5 Å². The van der Waals surface area contributed by atoms with Crippen molar-refractivity contribution in [3.63, 3.8) is 0 Å². The van der Waals surface area contributed by atoms with Crippen LogP contribution >= 0.6 is 15.9 Å². The Balaban J connectivity index is 4.13. The van der Waals surface area contributed by atoms with E-state index in [9.17, 15) is 4.79 Å². The van der Waals surface area contributed by atoms with Crippen LogP contribution in [0.15, 0.2) is 0 Å². The van der Waals surface area contributed by atoms with E-state index in [0.717, 1.165) is 25.7 Å². The highest BCUT2D eigenvalue weighted by atomic mass is 79.9. The number of hydrogen-bond donors (Lipinski definition) is 0. The molecule has 0 saturated carbocycles. The van der Waals surface area contributed by atoms with Crippen molar-refractivity contribution >= 4 is 21.9 Å². The average Bonchev–Trinajstić information content (AvgIpc) is 2.04. The second-order valence-corrected chi connectivity index (χ2v) is 4.12. The van der Waals surface area contributed by atoms with E-state index in [1.165, 1.54) is 0 Å². The molecule has 0 bridgehead atoms. The number of carbonyl (C=O) groups is 1. The van der Waals surface area contributed by atoms with Gasteiger partial charge in [-0.05, 0) is 19.8 Å². The highest BCUT2D eigenvalue weighted by molar-refractivity contribution is 9.09. The van der Waals surface area contributed by atoms with Crippen LogP contribution in [-0.2, 0) is 9.53 Å². The Labute approximate surface area is 89.2 Å². The van der Waals surface area contributed by atoms with Gasteiger partial charge in [-0.3, -0.25) is 4.79 Å². The predicted octanol–water partition coefficient (Wildman–Crippen LogP) is 3.28. The van der Waals surface area contributed by atoms with E-state index in [0.29, 0.717) is 0 Å². The molecule has 0 fully saturated rings. The Bertz CT molecular complexity index is 151. The van der Waals surface area contributed by atoms with Gasteiger partial charge in [-0.15, -0.1) is 0 Å². The molecule has 2 nitrogen and oxygen atoms in total. The van der Waals surface area contributed by atoms with Crippen LogP contribution in [0.4, 0.5) is 0 Å². The Morgan fingerprint density at radius 2 is 1.77 bits per heavy atom. The van der Waals surface area contributed by atoms with E-state index in [1.807, 2.05) is 6.92 Å². The molecule has 0 aromatic rings. The van der Waals surface area contributed by atoms with Crippen LogP contribution in [0.5, 0.6) is 0 Å². The Morgan fingerprint density at radius 1 is 1.31 bits per heavy atom. The zero-order chi connectivity index (χ0) is 10.3. The first-order valence-corrected chi connectivity index (χ1v) is 5.98. The van der Waals surface area contributed by atoms with Gasteiger partial charge in [0.25, 0.3) is 0 Å². The van der Waals surface area contributed by atoms with Gasteiger partial charge in [0.1, 0.15) is 10.9 Å². The lowest BCUT2D eigenvalue weighted by atomic mass is 9.95. The Kier molecular flexibility index (Phi) is 6.39. The molecule has 13 heavy (non-hydrogen) atoms. The van der Waals surface area contributed by atoms with Crippen LogP contribution in [0.2, 0.25) is 0 Å². The van der Waals surface area contributed by atoms with Crippen molar-refractivity contribution in [2.75, 3.05) is 5.33 Å². The van der Waals surface area contributed by atoms with Crippen molar-refractivity contribution < 1.29 is 9.53 Å². The smallest absolute Gasteiger partial charge is 0.317 e. The van der Waals surface area contributed by atoms with E-state index in [4.69, 9.17) is 4.74 Å². The summed E-state index contributed by atoms with van der Waals surface area (Å²) >= 11 is 3.10. The predicted molar refractivity (Wildman–Crippen MR) is 58.1 cm³/mol. The molecule has 0 amide bonds. The monoisotopic (exact) mass is 250 g/mol. The van der Waals surface area contributed by atoms with Gasteiger partial charge in [0.2, 0.25) is 0 Å². The number of rotatable bonds is 6. The van der Waals surface area contributed by atoms with E-state index in [-0.39, 0.29) is 16.9 Å². The molecule has 78 valence electrons. The number of ether oxygens (including phenoxy) is 1. The standard InChI is InChI=1S/C10H19BrO2/c1-4-6-10(3,7-5-2)13-9(12)8-11/h4-8H2,1-3H3. The third-order valence-electron chi connectivity index (χ3n) is 2.03. The molecule has 0 atom stereocenters. The van der Waals surface area contributed by atoms with E-state index < -0.39 is 0 Å². The van der Waals surface area contributed by atoms with Crippen molar-refractivity contribution in [3.8, 4) is 0 Å². The first kappa shape index (κ1) is 12.9. The van der Waals surface area contributed by atoms with Gasteiger partial charge in [-0.2, -0.15) is 0 Å². The van der Waals surface area contributed by atoms with Crippen molar-refractivity contribution in [1.29, 1.82) is 0 Å². The maximum absolute atomic E-state index is 11.1. The number of hydrogen-bond acceptors (Lipinski definition) is 2. The lowest BCUT2D eigenvalue weighted by molar-refractivity contribution is -0.156. The summed E-state index contributed by atoms with van der Waals surface area (Å²) < 4.78 is 5.38. The first-order chi connectivity index (χ1) is 6.08. The van der Waals surface area contributed by atoms with E-state index in [2.05, 4.69) is 29.8 Å². The number of esters is 1. The van der Waals surface area contributed by atoms with Crippen molar-refractivity contribution in [2.45, 2.75) is 52.1 Å². The summed E-state index contributed by atoms with van der Waals surface area (Å²) in [5.74, 6) is -0.163. The van der Waals surface area contributed by atoms with Crippen LogP contribution < -0.4 is 0 Å². The molecular formula is C10H19BrO2. The Hall–Kier alpha value is -0.0500. The van der Waals surface area contributed by atoms with Gasteiger partial charge in [0.15, 0.2) is 0 Å². The van der Waals surface area contributed by atoms with Gasteiger partial charge >= 0.3 is 5.97 Å². The van der Waals surface area contributed by atoms with Crippen LogP contribution in [0.3, 0.4) is 0 Å². The summed E-state index contributed by atoms with van der Waals surface area (Å²) in [4.78, 5) is 11.1. The van der Waals surface area contributed by atoms with Crippen LogP contribution in [0, 0.1) is 0 Å². The molecule has 0 N–H and O–H groups in total. The first-order valence-electron chi connectivity index (χ1n) is 4.85. The van der Waals surface area contributed by atoms with E-state index in [1.54, 1.807) is 0 Å². The maximum atomic E-state index is 11.1. The van der Waals surface area contributed by atoms with Crippen molar-refractivity contribution in [3.05, 3.63) is 0 Å². The summed E-state index contributed by atoms with van der Waals surface area (Å²) in [5, 5.41) is 0.288. The average molecular weight is 251 g/mol. The maximum Gasteiger partial charge on any atom is 0.317 e. The van der Waals surface area contributed by atoms with Crippen molar-refractivity contribution in [1.82, 2.24) is 0 Å². The Morgan fingerprint density at radius 3 is 2.08 bits per heavy atom. The molecule has 3 heteroatoms. The fraction of sp³-hybridized carbons (Fsp3) is 0.900. The highest BCUT2D eigenvalue weighted by Crippen LogP contribution is 2.23. The highest BCUT2D eigenvalue weighted by Gasteiger charge is 2.26. The second-order valence-electron chi connectivity index (χ2n) is 3.56. The fourth-order valence-electron chi connectivity index (χ4n) is 1.59. The van der Waals surface area contributed by atoms with Gasteiger partial charge in [0.05, 0.1) is 0 Å². The van der Waals surface area contributed by atoms with Crippen LogP contribution in [0.25, 0.3) is 0 Å². The largest absolute Gasteiger partial charge is 0.459 e. The van der Waals surface area contributed by atoms with Crippen molar-refractivity contribution in [2.24, 2.45) is 0 Å². The van der Waals surface area contributed by atoms with Crippen LogP contribution in [-0.4, -0.2) is 16.9 Å². The molecule has 0 heterocycles. The molecule has 0 rings (SSSR count). The number of carbonyl (C=O) groups excluding carboxylic acids is 1. The minimum atomic E-state index is -0.256. The molecule has 0 aromatic carbocycles. The zero-order valence-corrected chi connectivity index (χ0v) is 10.3. The second kappa shape index (κ2) is 6.41. The molecule has 0 radical (unpaired) electrons. The lowest BCUT2D eigenvalue weighted by Gasteiger charge is -2.28. The molecule has 0 aliphatic rings. The minimum absolute atomic E-state index is 0.163. The summed E-state index contributed by atoms with van der Waals surface area (Å²) in [5.41, 5.74) is -0.256. The van der Waals surface area contributed by atoms with Gasteiger partial charge < -0.3 is 4.74 Å². The number of halogens is 1. The normalized spacial score (nSPS) is 11.4. The van der Waals surface area contributed by atoms with Gasteiger partial charge in [-0.25, -0.2) is 0 Å². The summed E-state index contributed by atoms with van der Waals surface area (Å²) in [6, 6.07) is 0. The topological polar surface area (TPSA) is 26.3 Å². The third kappa shape index (κ3) is 5.29. The third-order valence-corrected chi connectivity index (χ3v) is 2.48. The molecule has 0 aliphatic carbocycles. The molecule has 0 unspecified atom stereocenters. The van der Waals surface area contributed by atoms with Gasteiger partial charge in [0, 0.05) is 0 Å². The molecule has 0 aromatic heterocycles. The van der Waals surface area contributed by atoms with Gasteiger partial charge in [-0.1, -0.05) is 42.6 Å². The molecule has 0 saturated heterocycles. The van der Waals surface area contributed by atoms with E-state index >= 15 is 0 Å². The summed E-state index contributed by atoms with van der Waals surface area (Å²) in [6.45, 7) is 6.23. The SMILES string of the molecule is CCCC(C)(CCC)OC(=O)CBr. The minimum Gasteiger partial charge on any atom is -0.459 e. The number of alkyl halides is 1. The summed E-state index contributed by atoms with van der Waals surface area (Å²) in [6.07, 6.45) is 3.98. The molecule has 0 aliphatic heterocycles. The zero-order valence-electron chi connectivity index (χ0n) is 8.73. The fourth-order valence-corrected chi connectivity index (χ4v) is 1.70. The lowest BCUT2D eigenvalue weighted by Crippen LogP contribution is -2.31. The summed E-state index contributed by atoms with van der Waals surface area (Å²) in [7, 11) is 0. The molecule has 0 spiro atoms.